The molecule has 1 aromatic rings. The van der Waals surface area contributed by atoms with Crippen molar-refractivity contribution in [1.82, 2.24) is 40.6 Å². The van der Waals surface area contributed by atoms with Crippen molar-refractivity contribution >= 4 is 54.2 Å². The highest BCUT2D eigenvalue weighted by Crippen LogP contribution is 2.19. The van der Waals surface area contributed by atoms with Gasteiger partial charge in [0.05, 0.1) is 24.9 Å². The molecular weight excluding hydrogens is 652 g/mol. The van der Waals surface area contributed by atoms with Crippen molar-refractivity contribution in [3.63, 3.8) is 0 Å². The Balaban J connectivity index is 0.00000129. The van der Waals surface area contributed by atoms with Crippen LogP contribution in [0.2, 0.25) is 0 Å². The quantitative estimate of drug-likeness (QED) is 0.0849. The Morgan fingerprint density at radius 2 is 1.76 bits per heavy atom. The Morgan fingerprint density at radius 1 is 1.10 bits per heavy atom. The predicted molar refractivity (Wildman–Crippen MR) is 158 cm³/mol. The molecule has 20 heteroatoms. The third-order valence-corrected chi connectivity index (χ3v) is 8.18. The molecule has 3 fully saturated rings. The zero-order chi connectivity index (χ0) is 36.5. The molecule has 0 saturated carbocycles. The fourth-order valence-corrected chi connectivity index (χ4v) is 5.56. The van der Waals surface area contributed by atoms with E-state index in [2.05, 4.69) is 25.9 Å². The minimum absolute atomic E-state index is 0.0723. The van der Waals surface area contributed by atoms with Crippen LogP contribution in [-0.2, 0) is 59.1 Å². The molecule has 6 amide bonds. The van der Waals surface area contributed by atoms with E-state index in [1.807, 2.05) is 4.90 Å². The summed E-state index contributed by atoms with van der Waals surface area (Å²) in [7, 11) is 0. The van der Waals surface area contributed by atoms with Gasteiger partial charge in [0.15, 0.2) is 0 Å². The number of ketones is 1. The number of ether oxygens (including phenoxy) is 1. The molecule has 3 saturated heterocycles. The van der Waals surface area contributed by atoms with Gasteiger partial charge in [0, 0.05) is 63.9 Å². The fraction of sp³-hybridized carbons (Fsp3) is 0.586. The van der Waals surface area contributed by atoms with Gasteiger partial charge in [0.1, 0.15) is 23.9 Å². The molecule has 0 aromatic carbocycles. The SMILES string of the molecule is CC[C@H]1NC(=O)N([C@@H](CNC=O)C(=O)N2CCN([C@H](C)C(=O)C[C@H](Cc3cnc[nH]3)C(=O)NC3CCOC3=O)CC2)C1=O.O=C=O.O=C=O. The maximum Gasteiger partial charge on any atom is 0.373 e. The van der Waals surface area contributed by atoms with Crippen molar-refractivity contribution in [2.24, 2.45) is 5.92 Å². The van der Waals surface area contributed by atoms with E-state index in [4.69, 9.17) is 23.9 Å². The highest BCUT2D eigenvalue weighted by Gasteiger charge is 2.45. The van der Waals surface area contributed by atoms with Crippen LogP contribution < -0.4 is 16.0 Å². The van der Waals surface area contributed by atoms with Crippen LogP contribution in [0.3, 0.4) is 0 Å². The van der Waals surface area contributed by atoms with Crippen LogP contribution in [0.1, 0.15) is 38.8 Å². The minimum Gasteiger partial charge on any atom is -0.464 e. The lowest BCUT2D eigenvalue weighted by atomic mass is 9.93. The monoisotopic (exact) mass is 690 g/mol. The number of aromatic amines is 1. The number of imide groups is 1. The summed E-state index contributed by atoms with van der Waals surface area (Å²) < 4.78 is 4.93. The number of hydrogen-bond acceptors (Lipinski definition) is 14. The molecule has 3 aliphatic rings. The Morgan fingerprint density at radius 3 is 2.27 bits per heavy atom. The van der Waals surface area contributed by atoms with E-state index in [9.17, 15) is 33.6 Å². The summed E-state index contributed by atoms with van der Waals surface area (Å²) in [4.78, 5) is 132. The zero-order valence-electron chi connectivity index (χ0n) is 26.9. The molecule has 4 rings (SSSR count). The second kappa shape index (κ2) is 19.9. The second-order valence-electron chi connectivity index (χ2n) is 11.0. The maximum absolute atomic E-state index is 13.4. The van der Waals surface area contributed by atoms with Gasteiger partial charge in [-0.25, -0.2) is 19.5 Å². The molecule has 1 aromatic heterocycles. The summed E-state index contributed by atoms with van der Waals surface area (Å²) in [5.41, 5.74) is 0.677. The standard InChI is InChI=1S/C27H38N8O8.2CO2/c1-3-19-24(39)35(27(42)32-19)21(13-29-15-36)25(40)34-7-5-33(6-8-34)16(2)22(37)11-17(10-18-12-28-14-30-18)23(38)31-20-4-9-43-26(20)41;2*2-1-3/h12,14-17,19-21H,3-11,13H2,1-2H3,(H,28,30)(H,29,36)(H,31,38)(H,32,42);;/t16-,17+,19-,20?,21+;;/m1../s1. The van der Waals surface area contributed by atoms with Crippen molar-refractivity contribution in [2.45, 2.75) is 63.7 Å². The second-order valence-corrected chi connectivity index (χ2v) is 11.0. The number of aromatic nitrogens is 2. The van der Waals surface area contributed by atoms with Crippen molar-refractivity contribution in [2.75, 3.05) is 39.3 Å². The van der Waals surface area contributed by atoms with E-state index in [-0.39, 0.29) is 57.2 Å². The summed E-state index contributed by atoms with van der Waals surface area (Å²) in [6.07, 6.45) is 4.86. The highest BCUT2D eigenvalue weighted by atomic mass is 16.5. The molecule has 4 heterocycles. The third-order valence-electron chi connectivity index (χ3n) is 8.18. The number of cyclic esters (lactones) is 1. The number of carbonyl (C=O) groups is 7. The van der Waals surface area contributed by atoms with Gasteiger partial charge in [-0.15, -0.1) is 0 Å². The Bertz CT molecular complexity index is 1390. The number of H-pyrrole nitrogens is 1. The largest absolute Gasteiger partial charge is 0.464 e. The average molecular weight is 691 g/mol. The number of rotatable bonds is 14. The summed E-state index contributed by atoms with van der Waals surface area (Å²) in [5.74, 6) is -2.83. The molecule has 4 N–H and O–H groups in total. The van der Waals surface area contributed by atoms with Crippen molar-refractivity contribution < 1.29 is 57.5 Å². The molecule has 0 aliphatic carbocycles. The van der Waals surface area contributed by atoms with Gasteiger partial charge in [-0.05, 0) is 13.3 Å². The molecule has 1 unspecified atom stereocenters. The Hall–Kier alpha value is -5.58. The smallest absolute Gasteiger partial charge is 0.373 e. The van der Waals surface area contributed by atoms with Gasteiger partial charge in [-0.1, -0.05) is 6.92 Å². The lowest BCUT2D eigenvalue weighted by Gasteiger charge is -2.39. The van der Waals surface area contributed by atoms with Gasteiger partial charge >= 0.3 is 24.3 Å². The van der Waals surface area contributed by atoms with E-state index < -0.39 is 59.8 Å². The highest BCUT2D eigenvalue weighted by molar-refractivity contribution is 6.07. The first kappa shape index (κ1) is 39.6. The number of nitrogens with zero attached hydrogens (tertiary/aromatic N) is 4. The number of carbonyl (C=O) groups excluding carboxylic acids is 11. The number of Topliss-reactive ketones (excluding diaryl/α,β-unsaturated/α-hetero) is 1. The number of hydrogen-bond donors (Lipinski definition) is 4. The van der Waals surface area contributed by atoms with Gasteiger partial charge in [0.25, 0.3) is 5.91 Å². The first-order valence-corrected chi connectivity index (χ1v) is 15.3. The molecule has 49 heavy (non-hydrogen) atoms. The van der Waals surface area contributed by atoms with E-state index in [1.54, 1.807) is 20.0 Å². The Kier molecular flexibility index (Phi) is 16.1. The molecule has 0 bridgehead atoms. The number of piperazine rings is 1. The lowest BCUT2D eigenvalue weighted by Crippen LogP contribution is -2.60. The number of urea groups is 1. The topological polar surface area (TPSA) is 271 Å². The summed E-state index contributed by atoms with van der Waals surface area (Å²) in [6, 6.07) is -3.91. The summed E-state index contributed by atoms with van der Waals surface area (Å²) in [6.45, 7) is 4.65. The van der Waals surface area contributed by atoms with Gasteiger partial charge < -0.3 is 30.6 Å². The van der Waals surface area contributed by atoms with Crippen molar-refractivity contribution in [3.8, 4) is 0 Å². The molecule has 266 valence electrons. The molecule has 3 aliphatic heterocycles. The normalized spacial score (nSPS) is 20.4. The number of imidazole rings is 1. The number of amides is 6. The molecule has 0 spiro atoms. The molecule has 5 atom stereocenters. The van der Waals surface area contributed by atoms with Crippen LogP contribution in [0, 0.1) is 5.92 Å². The first-order chi connectivity index (χ1) is 23.5. The van der Waals surface area contributed by atoms with Crippen LogP contribution in [0.15, 0.2) is 12.5 Å². The van der Waals surface area contributed by atoms with Crippen molar-refractivity contribution in [1.29, 1.82) is 0 Å². The van der Waals surface area contributed by atoms with Gasteiger partial charge in [0.2, 0.25) is 18.2 Å². The zero-order valence-corrected chi connectivity index (χ0v) is 26.9. The lowest BCUT2D eigenvalue weighted by molar-refractivity contribution is -0.193. The van der Waals surface area contributed by atoms with E-state index in [1.165, 1.54) is 11.2 Å². The minimum atomic E-state index is -1.20. The first-order valence-electron chi connectivity index (χ1n) is 15.3. The Labute approximate surface area is 279 Å². The summed E-state index contributed by atoms with van der Waals surface area (Å²) >= 11 is 0. The van der Waals surface area contributed by atoms with Gasteiger partial charge in [-0.2, -0.15) is 19.2 Å². The van der Waals surface area contributed by atoms with E-state index in [0.29, 0.717) is 38.0 Å². The predicted octanol–water partition coefficient (Wildman–Crippen LogP) is -3.23. The van der Waals surface area contributed by atoms with Crippen LogP contribution in [0.4, 0.5) is 4.79 Å². The van der Waals surface area contributed by atoms with E-state index in [0.717, 1.165) is 4.90 Å². The summed E-state index contributed by atoms with van der Waals surface area (Å²) in [5, 5.41) is 7.67. The number of esters is 1. The molecular formula is C29H38N8O12. The van der Waals surface area contributed by atoms with Crippen LogP contribution in [-0.4, -0.2) is 142 Å². The van der Waals surface area contributed by atoms with Gasteiger partial charge in [-0.3, -0.25) is 28.9 Å². The van der Waals surface area contributed by atoms with Crippen molar-refractivity contribution in [3.05, 3.63) is 18.2 Å². The third kappa shape index (κ3) is 11.0. The maximum atomic E-state index is 13.4. The van der Waals surface area contributed by atoms with E-state index >= 15 is 0 Å². The average Bonchev–Trinajstić information content (AvgIpc) is 3.82. The van der Waals surface area contributed by atoms with Crippen LogP contribution in [0.25, 0.3) is 0 Å². The molecule has 0 radical (unpaired) electrons. The van der Waals surface area contributed by atoms with Crippen LogP contribution in [0.5, 0.6) is 0 Å². The fourth-order valence-electron chi connectivity index (χ4n) is 5.56. The number of nitrogens with one attached hydrogen (secondary N) is 4. The van der Waals surface area contributed by atoms with Crippen LogP contribution >= 0.6 is 0 Å². The molecule has 20 nitrogen and oxygen atoms in total.